The van der Waals surface area contributed by atoms with Crippen LogP contribution < -0.4 is 10.2 Å². The molecular weight excluding hydrogens is 348 g/mol. The Morgan fingerprint density at radius 1 is 1.00 bits per heavy atom. The fourth-order valence-corrected chi connectivity index (χ4v) is 3.54. The van der Waals surface area contributed by atoms with Gasteiger partial charge >= 0.3 is 0 Å². The van der Waals surface area contributed by atoms with Gasteiger partial charge in [0.25, 0.3) is 0 Å². The summed E-state index contributed by atoms with van der Waals surface area (Å²) in [4.78, 5) is 14.9. The van der Waals surface area contributed by atoms with Gasteiger partial charge in [-0.1, -0.05) is 48.0 Å². The molecule has 1 fully saturated rings. The Hall–Kier alpha value is -3.21. The number of nitrogens with one attached hydrogen (secondary N) is 1. The number of carbonyl (C=O) groups is 1. The van der Waals surface area contributed by atoms with E-state index in [4.69, 9.17) is 0 Å². The first-order valence-corrected chi connectivity index (χ1v) is 9.71. The molecule has 1 aliphatic rings. The fourth-order valence-electron chi connectivity index (χ4n) is 3.54. The first-order valence-electron chi connectivity index (χ1n) is 9.71. The van der Waals surface area contributed by atoms with Crippen LogP contribution in [-0.4, -0.2) is 29.2 Å². The Morgan fingerprint density at radius 2 is 1.79 bits per heavy atom. The lowest BCUT2D eigenvalue weighted by atomic mass is 9.97. The molecule has 0 bridgehead atoms. The normalized spacial score (nSPS) is 16.6. The third kappa shape index (κ3) is 4.19. The number of hydrogen-bond donors (Lipinski definition) is 1. The van der Waals surface area contributed by atoms with Crippen LogP contribution in [0.4, 0.5) is 11.5 Å². The van der Waals surface area contributed by atoms with Gasteiger partial charge in [-0.2, -0.15) is 0 Å². The standard InChI is InChI=1S/C23H24N4O/c1-17-9-11-20(12-10-17)24-23(28)19-8-5-15-27(16-19)22-14-13-21(25-26-22)18-6-3-2-4-7-18/h2-4,6-7,9-14,19H,5,8,15-16H2,1H3,(H,24,28). The van der Waals surface area contributed by atoms with Gasteiger partial charge in [-0.15, -0.1) is 10.2 Å². The topological polar surface area (TPSA) is 58.1 Å². The van der Waals surface area contributed by atoms with Crippen LogP contribution in [0.3, 0.4) is 0 Å². The predicted molar refractivity (Wildman–Crippen MR) is 112 cm³/mol. The Labute approximate surface area is 165 Å². The van der Waals surface area contributed by atoms with E-state index in [-0.39, 0.29) is 11.8 Å². The van der Waals surface area contributed by atoms with E-state index in [1.807, 2.05) is 73.7 Å². The molecule has 1 aliphatic heterocycles. The van der Waals surface area contributed by atoms with Gasteiger partial charge in [0, 0.05) is 24.3 Å². The van der Waals surface area contributed by atoms with Crippen molar-refractivity contribution < 1.29 is 4.79 Å². The lowest BCUT2D eigenvalue weighted by Crippen LogP contribution is -2.41. The second-order valence-electron chi connectivity index (χ2n) is 7.28. The van der Waals surface area contributed by atoms with Gasteiger partial charge in [0.1, 0.15) is 0 Å². The minimum absolute atomic E-state index is 0.0503. The third-order valence-electron chi connectivity index (χ3n) is 5.16. The van der Waals surface area contributed by atoms with Crippen molar-refractivity contribution in [2.75, 3.05) is 23.3 Å². The van der Waals surface area contributed by atoms with Crippen molar-refractivity contribution in [2.45, 2.75) is 19.8 Å². The molecule has 0 radical (unpaired) electrons. The molecule has 4 rings (SSSR count). The zero-order valence-electron chi connectivity index (χ0n) is 16.0. The van der Waals surface area contributed by atoms with Crippen LogP contribution in [0.5, 0.6) is 0 Å². The zero-order chi connectivity index (χ0) is 19.3. The number of carbonyl (C=O) groups excluding carboxylic acids is 1. The molecule has 2 heterocycles. The lowest BCUT2D eigenvalue weighted by molar-refractivity contribution is -0.120. The molecule has 5 heteroatoms. The van der Waals surface area contributed by atoms with Gasteiger partial charge in [-0.25, -0.2) is 0 Å². The number of rotatable bonds is 4. The maximum absolute atomic E-state index is 12.7. The van der Waals surface area contributed by atoms with Crippen molar-refractivity contribution in [3.05, 3.63) is 72.3 Å². The molecule has 1 atom stereocenters. The maximum atomic E-state index is 12.7. The Bertz CT molecular complexity index is 923. The molecular formula is C23H24N4O. The van der Waals surface area contributed by atoms with Crippen molar-refractivity contribution in [3.8, 4) is 11.3 Å². The van der Waals surface area contributed by atoms with Gasteiger partial charge in [0.05, 0.1) is 11.6 Å². The zero-order valence-corrected chi connectivity index (χ0v) is 16.0. The second-order valence-corrected chi connectivity index (χ2v) is 7.28. The molecule has 1 N–H and O–H groups in total. The van der Waals surface area contributed by atoms with E-state index in [0.717, 1.165) is 42.1 Å². The van der Waals surface area contributed by atoms with Crippen molar-refractivity contribution in [3.63, 3.8) is 0 Å². The van der Waals surface area contributed by atoms with E-state index in [0.29, 0.717) is 6.54 Å². The second kappa shape index (κ2) is 8.21. The number of aromatic nitrogens is 2. The van der Waals surface area contributed by atoms with E-state index in [1.165, 1.54) is 5.56 Å². The number of aryl methyl sites for hydroxylation is 1. The first kappa shape index (κ1) is 18.2. The average molecular weight is 372 g/mol. The van der Waals surface area contributed by atoms with Crippen molar-refractivity contribution in [1.82, 2.24) is 10.2 Å². The minimum atomic E-state index is -0.0503. The number of piperidine rings is 1. The molecule has 1 aromatic heterocycles. The minimum Gasteiger partial charge on any atom is -0.354 e. The molecule has 0 aliphatic carbocycles. The summed E-state index contributed by atoms with van der Waals surface area (Å²) < 4.78 is 0. The molecule has 1 saturated heterocycles. The lowest BCUT2D eigenvalue weighted by Gasteiger charge is -2.32. The number of anilines is 2. The molecule has 0 spiro atoms. The Kier molecular flexibility index (Phi) is 5.33. The summed E-state index contributed by atoms with van der Waals surface area (Å²) in [5.41, 5.74) is 3.93. The van der Waals surface area contributed by atoms with Gasteiger partial charge in [-0.05, 0) is 44.0 Å². The first-order chi connectivity index (χ1) is 13.7. The molecule has 28 heavy (non-hydrogen) atoms. The molecule has 0 saturated carbocycles. The number of hydrogen-bond acceptors (Lipinski definition) is 4. The molecule has 1 unspecified atom stereocenters. The highest BCUT2D eigenvalue weighted by molar-refractivity contribution is 5.93. The van der Waals surface area contributed by atoms with E-state index in [9.17, 15) is 4.79 Å². The maximum Gasteiger partial charge on any atom is 0.229 e. The van der Waals surface area contributed by atoms with Crippen LogP contribution in [0.1, 0.15) is 18.4 Å². The highest BCUT2D eigenvalue weighted by Crippen LogP contribution is 2.24. The van der Waals surface area contributed by atoms with Crippen molar-refractivity contribution >= 4 is 17.4 Å². The molecule has 1 amide bonds. The van der Waals surface area contributed by atoms with Crippen LogP contribution in [0, 0.1) is 12.8 Å². The van der Waals surface area contributed by atoms with E-state index in [1.54, 1.807) is 0 Å². The van der Waals surface area contributed by atoms with Crippen molar-refractivity contribution in [1.29, 1.82) is 0 Å². The summed E-state index contributed by atoms with van der Waals surface area (Å²) in [7, 11) is 0. The summed E-state index contributed by atoms with van der Waals surface area (Å²) in [5, 5.41) is 11.8. The molecule has 5 nitrogen and oxygen atoms in total. The summed E-state index contributed by atoms with van der Waals surface area (Å²) in [5.74, 6) is 0.848. The largest absolute Gasteiger partial charge is 0.354 e. The summed E-state index contributed by atoms with van der Waals surface area (Å²) in [6, 6.07) is 21.9. The van der Waals surface area contributed by atoms with E-state index < -0.39 is 0 Å². The van der Waals surface area contributed by atoms with Crippen molar-refractivity contribution in [2.24, 2.45) is 5.92 Å². The van der Waals surface area contributed by atoms with Gasteiger partial charge in [0.15, 0.2) is 5.82 Å². The van der Waals surface area contributed by atoms with Gasteiger partial charge in [-0.3, -0.25) is 4.79 Å². The summed E-state index contributed by atoms with van der Waals surface area (Å²) in [6.07, 6.45) is 1.86. The van der Waals surface area contributed by atoms with Crippen LogP contribution in [-0.2, 0) is 4.79 Å². The molecule has 3 aromatic rings. The average Bonchev–Trinajstić information content (AvgIpc) is 2.76. The van der Waals surface area contributed by atoms with E-state index >= 15 is 0 Å². The number of amides is 1. The molecule has 142 valence electrons. The smallest absolute Gasteiger partial charge is 0.229 e. The fraction of sp³-hybridized carbons (Fsp3) is 0.261. The highest BCUT2D eigenvalue weighted by Gasteiger charge is 2.26. The van der Waals surface area contributed by atoms with Crippen LogP contribution in [0.25, 0.3) is 11.3 Å². The highest BCUT2D eigenvalue weighted by atomic mass is 16.1. The quantitative estimate of drug-likeness (QED) is 0.741. The van der Waals surface area contributed by atoms with Crippen LogP contribution in [0.15, 0.2) is 66.7 Å². The number of nitrogens with zero attached hydrogens (tertiary/aromatic N) is 3. The Morgan fingerprint density at radius 3 is 2.50 bits per heavy atom. The van der Waals surface area contributed by atoms with Gasteiger partial charge in [0.2, 0.25) is 5.91 Å². The van der Waals surface area contributed by atoms with Crippen LogP contribution >= 0.6 is 0 Å². The molecule has 2 aromatic carbocycles. The number of benzene rings is 2. The third-order valence-corrected chi connectivity index (χ3v) is 5.16. The van der Waals surface area contributed by atoms with E-state index in [2.05, 4.69) is 20.4 Å². The summed E-state index contributed by atoms with van der Waals surface area (Å²) >= 11 is 0. The SMILES string of the molecule is Cc1ccc(NC(=O)C2CCCN(c3ccc(-c4ccccc4)nn3)C2)cc1. The monoisotopic (exact) mass is 372 g/mol. The summed E-state index contributed by atoms with van der Waals surface area (Å²) in [6.45, 7) is 3.60. The van der Waals surface area contributed by atoms with Crippen LogP contribution in [0.2, 0.25) is 0 Å². The van der Waals surface area contributed by atoms with Gasteiger partial charge < -0.3 is 10.2 Å². The Balaban J connectivity index is 1.42. The predicted octanol–water partition coefficient (Wildman–Crippen LogP) is 4.31.